The van der Waals surface area contributed by atoms with E-state index >= 15 is 0 Å². The number of aliphatic imine (C=N–C) groups is 1. The number of halogens is 1. The number of nitrogens with zero attached hydrogens (tertiary/aromatic N) is 1. The number of hydrogen-bond donors (Lipinski definition) is 0. The maximum absolute atomic E-state index is 13.5. The number of hydrogen-bond acceptors (Lipinski definition) is 2. The summed E-state index contributed by atoms with van der Waals surface area (Å²) in [5, 5.41) is 0.242. The Morgan fingerprint density at radius 3 is 2.54 bits per heavy atom. The summed E-state index contributed by atoms with van der Waals surface area (Å²) in [7, 11) is 0. The van der Waals surface area contributed by atoms with E-state index in [0.29, 0.717) is 5.92 Å². The molecule has 0 fully saturated rings. The van der Waals surface area contributed by atoms with Gasteiger partial charge in [-0.3, -0.25) is 4.99 Å². The van der Waals surface area contributed by atoms with Gasteiger partial charge >= 0.3 is 0 Å². The standard InChI is InChI=1S/C23H18FNS/c24-17-12-9-16(10-13-17)23-19-14-11-15-5-1-2-6-18(15)22(19)25-20-7-3-4-8-21(20)26-23/h1-10,12-13,19,23H,11,14H2/t19-,23-/m0/s1. The van der Waals surface area contributed by atoms with Crippen molar-refractivity contribution >= 4 is 23.2 Å². The molecule has 0 radical (unpaired) electrons. The Balaban J connectivity index is 1.70. The van der Waals surface area contributed by atoms with Crippen molar-refractivity contribution in [3.8, 4) is 0 Å². The highest BCUT2D eigenvalue weighted by molar-refractivity contribution is 7.99. The molecule has 2 aliphatic rings. The summed E-state index contributed by atoms with van der Waals surface area (Å²) in [5.74, 6) is 0.142. The summed E-state index contributed by atoms with van der Waals surface area (Å²) in [5.41, 5.74) is 6.04. The first-order chi connectivity index (χ1) is 12.8. The van der Waals surface area contributed by atoms with Crippen LogP contribution in [0.4, 0.5) is 10.1 Å². The zero-order chi connectivity index (χ0) is 17.5. The molecule has 1 nitrogen and oxygen atoms in total. The lowest BCUT2D eigenvalue weighted by Crippen LogP contribution is -2.27. The molecule has 3 aromatic carbocycles. The normalized spacial score (nSPS) is 21.0. The lowest BCUT2D eigenvalue weighted by Gasteiger charge is -2.31. The highest BCUT2D eigenvalue weighted by atomic mass is 32.2. The molecule has 26 heavy (non-hydrogen) atoms. The fourth-order valence-electron chi connectivity index (χ4n) is 4.02. The number of fused-ring (bicyclic) bond motifs is 4. The van der Waals surface area contributed by atoms with Crippen LogP contribution in [0.2, 0.25) is 0 Å². The molecule has 128 valence electrons. The fraction of sp³-hybridized carbons (Fsp3) is 0.174. The Bertz CT molecular complexity index is 993. The molecule has 0 N–H and O–H groups in total. The minimum atomic E-state index is -0.185. The fourth-order valence-corrected chi connectivity index (χ4v) is 5.41. The summed E-state index contributed by atoms with van der Waals surface area (Å²) in [6.45, 7) is 0. The number of benzene rings is 3. The van der Waals surface area contributed by atoms with Gasteiger partial charge in [-0.1, -0.05) is 48.5 Å². The van der Waals surface area contributed by atoms with Gasteiger partial charge in [-0.25, -0.2) is 4.39 Å². The van der Waals surface area contributed by atoms with E-state index in [-0.39, 0.29) is 11.1 Å². The zero-order valence-corrected chi connectivity index (χ0v) is 15.0. The van der Waals surface area contributed by atoms with Gasteiger partial charge in [0.1, 0.15) is 5.82 Å². The predicted octanol–water partition coefficient (Wildman–Crippen LogP) is 6.36. The van der Waals surface area contributed by atoms with E-state index in [1.165, 1.54) is 27.3 Å². The molecule has 0 aromatic heterocycles. The Hall–Kier alpha value is -2.39. The summed E-state index contributed by atoms with van der Waals surface area (Å²) < 4.78 is 13.5. The van der Waals surface area contributed by atoms with Crippen LogP contribution < -0.4 is 0 Å². The molecule has 0 unspecified atom stereocenters. The predicted molar refractivity (Wildman–Crippen MR) is 106 cm³/mol. The first-order valence-electron chi connectivity index (χ1n) is 8.97. The van der Waals surface area contributed by atoms with Gasteiger partial charge in [-0.2, -0.15) is 0 Å². The second kappa shape index (κ2) is 6.40. The summed E-state index contributed by atoms with van der Waals surface area (Å²) in [4.78, 5) is 6.31. The lowest BCUT2D eigenvalue weighted by atomic mass is 9.78. The maximum atomic E-state index is 13.5. The third-order valence-corrected chi connectivity index (χ3v) is 6.75. The van der Waals surface area contributed by atoms with E-state index < -0.39 is 0 Å². The van der Waals surface area contributed by atoms with Crippen LogP contribution in [0, 0.1) is 11.7 Å². The van der Waals surface area contributed by atoms with Crippen LogP contribution in [0.3, 0.4) is 0 Å². The van der Waals surface area contributed by atoms with Crippen molar-refractivity contribution in [2.24, 2.45) is 10.9 Å². The minimum absolute atomic E-state index is 0.185. The summed E-state index contributed by atoms with van der Waals surface area (Å²) in [6.07, 6.45) is 2.13. The van der Waals surface area contributed by atoms with Crippen LogP contribution in [0.15, 0.2) is 82.7 Å². The molecular weight excluding hydrogens is 341 g/mol. The topological polar surface area (TPSA) is 12.4 Å². The molecule has 5 rings (SSSR count). The van der Waals surface area contributed by atoms with E-state index in [9.17, 15) is 4.39 Å². The SMILES string of the molecule is Fc1ccc([C@@H]2Sc3ccccc3N=C3c4ccccc4CC[C@@H]32)cc1. The first-order valence-corrected chi connectivity index (χ1v) is 9.85. The third-order valence-electron chi connectivity index (χ3n) is 5.29. The zero-order valence-electron chi connectivity index (χ0n) is 14.2. The summed E-state index contributed by atoms with van der Waals surface area (Å²) >= 11 is 1.86. The Morgan fingerprint density at radius 1 is 0.885 bits per heavy atom. The van der Waals surface area contributed by atoms with Gasteiger partial charge in [0, 0.05) is 16.1 Å². The average molecular weight is 359 g/mol. The van der Waals surface area contributed by atoms with Crippen LogP contribution in [0.5, 0.6) is 0 Å². The quantitative estimate of drug-likeness (QED) is 0.493. The molecule has 2 atom stereocenters. The van der Waals surface area contributed by atoms with E-state index in [4.69, 9.17) is 4.99 Å². The van der Waals surface area contributed by atoms with Crippen molar-refractivity contribution in [2.45, 2.75) is 23.0 Å². The van der Waals surface area contributed by atoms with Crippen molar-refractivity contribution in [1.29, 1.82) is 0 Å². The van der Waals surface area contributed by atoms with Crippen molar-refractivity contribution in [2.75, 3.05) is 0 Å². The highest BCUT2D eigenvalue weighted by Crippen LogP contribution is 2.50. The van der Waals surface area contributed by atoms with Crippen molar-refractivity contribution in [1.82, 2.24) is 0 Å². The number of thioether (sulfide) groups is 1. The number of para-hydroxylation sites is 1. The molecule has 0 bridgehead atoms. The molecule has 3 heteroatoms. The highest BCUT2D eigenvalue weighted by Gasteiger charge is 2.35. The maximum Gasteiger partial charge on any atom is 0.123 e. The molecule has 0 amide bonds. The van der Waals surface area contributed by atoms with Gasteiger partial charge in [0.25, 0.3) is 0 Å². The van der Waals surface area contributed by atoms with Crippen LogP contribution in [0.1, 0.15) is 28.4 Å². The largest absolute Gasteiger partial charge is 0.251 e. The second-order valence-electron chi connectivity index (χ2n) is 6.86. The molecule has 0 saturated heterocycles. The molecule has 3 aromatic rings. The Kier molecular flexibility index (Phi) is 3.90. The van der Waals surface area contributed by atoms with E-state index in [2.05, 4.69) is 42.5 Å². The van der Waals surface area contributed by atoms with Crippen molar-refractivity contribution in [3.63, 3.8) is 0 Å². The van der Waals surface area contributed by atoms with Crippen molar-refractivity contribution < 1.29 is 4.39 Å². The van der Waals surface area contributed by atoms with E-state index in [1.807, 2.05) is 30.0 Å². The van der Waals surface area contributed by atoms with E-state index in [1.54, 1.807) is 12.1 Å². The molecule has 0 saturated carbocycles. The smallest absolute Gasteiger partial charge is 0.123 e. The van der Waals surface area contributed by atoms with Crippen LogP contribution in [0.25, 0.3) is 0 Å². The van der Waals surface area contributed by atoms with Gasteiger partial charge in [-0.15, -0.1) is 11.8 Å². The first kappa shape index (κ1) is 15.8. The van der Waals surface area contributed by atoms with Crippen molar-refractivity contribution in [3.05, 3.63) is 95.3 Å². The van der Waals surface area contributed by atoms with Gasteiger partial charge in [0.15, 0.2) is 0 Å². The van der Waals surface area contributed by atoms with Gasteiger partial charge in [0.2, 0.25) is 0 Å². The van der Waals surface area contributed by atoms with Crippen LogP contribution in [-0.2, 0) is 6.42 Å². The number of rotatable bonds is 1. The van der Waals surface area contributed by atoms with Gasteiger partial charge < -0.3 is 0 Å². The van der Waals surface area contributed by atoms with Gasteiger partial charge in [-0.05, 0) is 53.8 Å². The molecule has 1 aliphatic heterocycles. The number of aryl methyl sites for hydroxylation is 1. The van der Waals surface area contributed by atoms with Gasteiger partial charge in [0.05, 0.1) is 11.4 Å². The Labute approximate surface area is 157 Å². The molecular formula is C23H18FNS. The summed E-state index contributed by atoms with van der Waals surface area (Å²) in [6, 6.07) is 24.0. The Morgan fingerprint density at radius 2 is 1.65 bits per heavy atom. The van der Waals surface area contributed by atoms with E-state index in [0.717, 1.165) is 18.5 Å². The third kappa shape index (κ3) is 2.67. The lowest BCUT2D eigenvalue weighted by molar-refractivity contribution is 0.594. The second-order valence-corrected chi connectivity index (χ2v) is 8.04. The van der Waals surface area contributed by atoms with Crippen LogP contribution in [-0.4, -0.2) is 5.71 Å². The van der Waals surface area contributed by atoms with Crippen LogP contribution >= 0.6 is 11.8 Å². The average Bonchev–Trinajstić information content (AvgIpc) is 2.85. The molecule has 1 heterocycles. The molecule has 1 aliphatic carbocycles. The minimum Gasteiger partial charge on any atom is -0.251 e. The monoisotopic (exact) mass is 359 g/mol. The molecule has 0 spiro atoms.